The number of carbonyl (C=O) groups excluding carboxylic acids is 1. The number of hydrogen-bond donors (Lipinski definition) is 1. The Labute approximate surface area is 170 Å². The molecular weight excluding hydrogens is 366 g/mol. The van der Waals surface area contributed by atoms with Gasteiger partial charge in [0.25, 0.3) is 5.91 Å². The van der Waals surface area contributed by atoms with E-state index in [1.807, 2.05) is 69.3 Å². The maximum absolute atomic E-state index is 11.9. The van der Waals surface area contributed by atoms with Crippen LogP contribution in [-0.4, -0.2) is 35.9 Å². The van der Waals surface area contributed by atoms with E-state index in [9.17, 15) is 4.79 Å². The molecule has 0 spiro atoms. The fraction of sp³-hybridized carbons (Fsp3) is 0.261. The van der Waals surface area contributed by atoms with E-state index in [2.05, 4.69) is 15.5 Å². The van der Waals surface area contributed by atoms with Gasteiger partial charge in [0.2, 0.25) is 5.88 Å². The molecule has 1 N–H and O–H groups in total. The lowest BCUT2D eigenvalue weighted by Gasteiger charge is -2.10. The molecule has 0 aliphatic heterocycles. The van der Waals surface area contributed by atoms with Gasteiger partial charge in [0.1, 0.15) is 12.4 Å². The van der Waals surface area contributed by atoms with Crippen molar-refractivity contribution in [2.45, 2.75) is 20.8 Å². The van der Waals surface area contributed by atoms with Gasteiger partial charge in [-0.2, -0.15) is 0 Å². The van der Waals surface area contributed by atoms with Gasteiger partial charge in [-0.05, 0) is 44.0 Å². The van der Waals surface area contributed by atoms with Gasteiger partial charge in [-0.25, -0.2) is 0 Å². The van der Waals surface area contributed by atoms with Crippen molar-refractivity contribution in [3.05, 3.63) is 71.3 Å². The highest BCUT2D eigenvalue weighted by atomic mass is 16.5. The molecular formula is C23H25N3O3. The summed E-state index contributed by atoms with van der Waals surface area (Å²) in [5, 5.41) is 11.0. The molecule has 3 rings (SSSR count). The molecule has 1 amide bonds. The predicted octanol–water partition coefficient (Wildman–Crippen LogP) is 3.64. The number of carbonyl (C=O) groups is 1. The average Bonchev–Trinajstić information content (AvgIpc) is 2.73. The van der Waals surface area contributed by atoms with Crippen molar-refractivity contribution < 1.29 is 14.3 Å². The third kappa shape index (κ3) is 6.04. The van der Waals surface area contributed by atoms with Crippen LogP contribution in [0.4, 0.5) is 0 Å². The van der Waals surface area contributed by atoms with Crippen LogP contribution in [0.3, 0.4) is 0 Å². The maximum Gasteiger partial charge on any atom is 0.258 e. The molecule has 3 aromatic rings. The Morgan fingerprint density at radius 1 is 0.897 bits per heavy atom. The first kappa shape index (κ1) is 20.3. The summed E-state index contributed by atoms with van der Waals surface area (Å²) in [6, 6.07) is 17.6. The number of nitrogens with zero attached hydrogens (tertiary/aromatic N) is 2. The van der Waals surface area contributed by atoms with Gasteiger partial charge < -0.3 is 14.8 Å². The first-order valence-corrected chi connectivity index (χ1v) is 9.51. The Kier molecular flexibility index (Phi) is 6.79. The third-order valence-electron chi connectivity index (χ3n) is 4.36. The average molecular weight is 391 g/mol. The second-order valence-electron chi connectivity index (χ2n) is 6.88. The van der Waals surface area contributed by atoms with Gasteiger partial charge >= 0.3 is 0 Å². The highest BCUT2D eigenvalue weighted by Gasteiger charge is 2.06. The number of hydrogen-bond acceptors (Lipinski definition) is 5. The van der Waals surface area contributed by atoms with E-state index in [1.165, 1.54) is 5.56 Å². The molecule has 2 aromatic carbocycles. The van der Waals surface area contributed by atoms with Crippen molar-refractivity contribution in [1.29, 1.82) is 0 Å². The highest BCUT2D eigenvalue weighted by molar-refractivity contribution is 5.77. The van der Waals surface area contributed by atoms with Crippen LogP contribution in [-0.2, 0) is 4.79 Å². The summed E-state index contributed by atoms with van der Waals surface area (Å²) in [6.45, 7) is 6.60. The Balaban J connectivity index is 1.39. The number of nitrogens with one attached hydrogen (secondary N) is 1. The number of aryl methyl sites for hydroxylation is 3. The lowest BCUT2D eigenvalue weighted by Crippen LogP contribution is -2.32. The minimum absolute atomic E-state index is 0.0324. The van der Waals surface area contributed by atoms with Crippen molar-refractivity contribution in [2.75, 3.05) is 19.8 Å². The molecule has 0 aliphatic carbocycles. The summed E-state index contributed by atoms with van der Waals surface area (Å²) in [4.78, 5) is 11.9. The number of amides is 1. The number of benzene rings is 2. The Morgan fingerprint density at radius 2 is 1.66 bits per heavy atom. The summed E-state index contributed by atoms with van der Waals surface area (Å²) in [6.07, 6.45) is 0. The number of aromatic nitrogens is 2. The van der Waals surface area contributed by atoms with Crippen molar-refractivity contribution in [2.24, 2.45) is 0 Å². The van der Waals surface area contributed by atoms with Crippen LogP contribution in [0.25, 0.3) is 11.3 Å². The quantitative estimate of drug-likeness (QED) is 0.594. The lowest BCUT2D eigenvalue weighted by atomic mass is 10.1. The monoisotopic (exact) mass is 391 g/mol. The van der Waals surface area contributed by atoms with E-state index in [4.69, 9.17) is 9.47 Å². The highest BCUT2D eigenvalue weighted by Crippen LogP contribution is 2.19. The maximum atomic E-state index is 11.9. The topological polar surface area (TPSA) is 73.3 Å². The van der Waals surface area contributed by atoms with E-state index in [-0.39, 0.29) is 12.5 Å². The van der Waals surface area contributed by atoms with Crippen molar-refractivity contribution >= 4 is 5.91 Å². The van der Waals surface area contributed by atoms with Crippen molar-refractivity contribution in [1.82, 2.24) is 15.5 Å². The minimum Gasteiger partial charge on any atom is -0.483 e. The van der Waals surface area contributed by atoms with Gasteiger partial charge in [-0.1, -0.05) is 42.0 Å². The fourth-order valence-electron chi connectivity index (χ4n) is 2.68. The molecule has 0 saturated carbocycles. The van der Waals surface area contributed by atoms with Gasteiger partial charge in [0, 0.05) is 11.6 Å². The number of rotatable bonds is 8. The van der Waals surface area contributed by atoms with E-state index in [1.54, 1.807) is 6.07 Å². The predicted molar refractivity (Wildman–Crippen MR) is 112 cm³/mol. The molecule has 0 bridgehead atoms. The molecule has 0 fully saturated rings. The van der Waals surface area contributed by atoms with Crippen LogP contribution >= 0.6 is 0 Å². The van der Waals surface area contributed by atoms with Crippen LogP contribution in [0.2, 0.25) is 0 Å². The summed E-state index contributed by atoms with van der Waals surface area (Å²) in [7, 11) is 0. The zero-order valence-corrected chi connectivity index (χ0v) is 16.9. The second kappa shape index (κ2) is 9.68. The molecule has 29 heavy (non-hydrogen) atoms. The molecule has 150 valence electrons. The van der Waals surface area contributed by atoms with Crippen LogP contribution in [0.15, 0.2) is 54.6 Å². The van der Waals surface area contributed by atoms with Gasteiger partial charge in [-0.3, -0.25) is 4.79 Å². The van der Waals surface area contributed by atoms with Gasteiger partial charge in [0.15, 0.2) is 6.61 Å². The van der Waals surface area contributed by atoms with Crippen LogP contribution in [0.5, 0.6) is 11.6 Å². The SMILES string of the molecule is Cc1ccc(-c2ccc(OCCNC(=O)COc3cc(C)ccc3C)nn2)cc1. The summed E-state index contributed by atoms with van der Waals surface area (Å²) >= 11 is 0. The first-order chi connectivity index (χ1) is 14.0. The summed E-state index contributed by atoms with van der Waals surface area (Å²) < 4.78 is 11.1. The Hall–Kier alpha value is -3.41. The minimum atomic E-state index is -0.199. The Morgan fingerprint density at radius 3 is 2.38 bits per heavy atom. The van der Waals surface area contributed by atoms with Crippen molar-refractivity contribution in [3.8, 4) is 22.9 Å². The number of ether oxygens (including phenoxy) is 2. The second-order valence-corrected chi connectivity index (χ2v) is 6.88. The normalized spacial score (nSPS) is 10.4. The van der Waals surface area contributed by atoms with E-state index < -0.39 is 0 Å². The van der Waals surface area contributed by atoms with Gasteiger partial charge in [-0.15, -0.1) is 10.2 Å². The molecule has 0 saturated heterocycles. The van der Waals surface area contributed by atoms with Crippen LogP contribution < -0.4 is 14.8 Å². The molecule has 6 nitrogen and oxygen atoms in total. The summed E-state index contributed by atoms with van der Waals surface area (Å²) in [5.74, 6) is 0.942. The first-order valence-electron chi connectivity index (χ1n) is 9.51. The molecule has 1 heterocycles. The molecule has 6 heteroatoms. The third-order valence-corrected chi connectivity index (χ3v) is 4.36. The smallest absolute Gasteiger partial charge is 0.258 e. The molecule has 0 atom stereocenters. The van der Waals surface area contributed by atoms with E-state index in [0.29, 0.717) is 19.0 Å². The van der Waals surface area contributed by atoms with Crippen LogP contribution in [0, 0.1) is 20.8 Å². The summed E-state index contributed by atoms with van der Waals surface area (Å²) in [5.41, 5.74) is 5.08. The van der Waals surface area contributed by atoms with E-state index >= 15 is 0 Å². The molecule has 1 aromatic heterocycles. The zero-order chi connectivity index (χ0) is 20.6. The Bertz CT molecular complexity index is 954. The van der Waals surface area contributed by atoms with E-state index in [0.717, 1.165) is 28.1 Å². The molecule has 0 unspecified atom stereocenters. The lowest BCUT2D eigenvalue weighted by molar-refractivity contribution is -0.123. The largest absolute Gasteiger partial charge is 0.483 e. The molecule has 0 radical (unpaired) electrons. The standard InChI is InChI=1S/C23H25N3O3/c1-16-5-8-19(9-6-16)20-10-11-23(26-25-20)28-13-12-24-22(27)15-29-21-14-17(2)4-7-18(21)3/h4-11,14H,12-13,15H2,1-3H3,(H,24,27). The van der Waals surface area contributed by atoms with Crippen LogP contribution in [0.1, 0.15) is 16.7 Å². The zero-order valence-electron chi connectivity index (χ0n) is 16.9. The fourth-order valence-corrected chi connectivity index (χ4v) is 2.68. The van der Waals surface area contributed by atoms with Gasteiger partial charge in [0.05, 0.1) is 12.2 Å². The molecule has 0 aliphatic rings. The van der Waals surface area contributed by atoms with Crippen molar-refractivity contribution in [3.63, 3.8) is 0 Å².